The van der Waals surface area contributed by atoms with Crippen molar-refractivity contribution in [2.75, 3.05) is 0 Å². The second kappa shape index (κ2) is 6.84. The molecule has 0 aromatic heterocycles. The molecular formula is C14H18O3. The van der Waals surface area contributed by atoms with E-state index in [1.54, 1.807) is 0 Å². The highest BCUT2D eigenvalue weighted by Gasteiger charge is 2.19. The standard InChI is InChI=1S/C14H18O3/c1-3-7-14(16)17-13(11(2)15)10-12-8-5-4-6-9-12/h4-6,8-9,13H,3,7,10H2,1-2H3/t13-/m1/s1. The average Bonchev–Trinajstić information content (AvgIpc) is 2.29. The lowest BCUT2D eigenvalue weighted by Gasteiger charge is -2.15. The van der Waals surface area contributed by atoms with Crippen LogP contribution in [-0.4, -0.2) is 17.9 Å². The van der Waals surface area contributed by atoms with E-state index in [1.807, 2.05) is 37.3 Å². The van der Waals surface area contributed by atoms with E-state index in [1.165, 1.54) is 6.92 Å². The van der Waals surface area contributed by atoms with E-state index < -0.39 is 6.10 Å². The van der Waals surface area contributed by atoms with E-state index >= 15 is 0 Å². The molecule has 1 atom stereocenters. The van der Waals surface area contributed by atoms with Gasteiger partial charge in [-0.2, -0.15) is 0 Å². The zero-order chi connectivity index (χ0) is 12.7. The molecule has 0 amide bonds. The third-order valence-corrected chi connectivity index (χ3v) is 2.45. The normalized spacial score (nSPS) is 11.9. The summed E-state index contributed by atoms with van der Waals surface area (Å²) in [6, 6.07) is 9.56. The molecule has 0 fully saturated rings. The molecule has 1 aromatic rings. The van der Waals surface area contributed by atoms with Crippen LogP contribution >= 0.6 is 0 Å². The molecule has 0 spiro atoms. The number of carbonyl (C=O) groups excluding carboxylic acids is 2. The fourth-order valence-corrected chi connectivity index (χ4v) is 1.52. The van der Waals surface area contributed by atoms with Crippen LogP contribution in [0.1, 0.15) is 32.3 Å². The van der Waals surface area contributed by atoms with Gasteiger partial charge in [0.15, 0.2) is 11.9 Å². The molecule has 1 aromatic carbocycles. The summed E-state index contributed by atoms with van der Waals surface area (Å²) in [5.74, 6) is -0.415. The van der Waals surface area contributed by atoms with Crippen LogP contribution in [0, 0.1) is 0 Å². The summed E-state index contributed by atoms with van der Waals surface area (Å²) in [5, 5.41) is 0. The van der Waals surface area contributed by atoms with Crippen molar-refractivity contribution in [3.63, 3.8) is 0 Å². The van der Waals surface area contributed by atoms with E-state index in [0.717, 1.165) is 12.0 Å². The molecule has 0 aliphatic heterocycles. The first-order valence-electron chi connectivity index (χ1n) is 5.87. The summed E-state index contributed by atoms with van der Waals surface area (Å²) in [6.07, 6.45) is 0.885. The minimum atomic E-state index is -0.656. The number of carbonyl (C=O) groups is 2. The van der Waals surface area contributed by atoms with Crippen molar-refractivity contribution >= 4 is 11.8 Å². The van der Waals surface area contributed by atoms with Gasteiger partial charge in [-0.25, -0.2) is 0 Å². The second-order valence-corrected chi connectivity index (χ2v) is 4.03. The smallest absolute Gasteiger partial charge is 0.306 e. The minimum absolute atomic E-state index is 0.113. The molecule has 3 nitrogen and oxygen atoms in total. The van der Waals surface area contributed by atoms with Gasteiger partial charge in [0.2, 0.25) is 0 Å². The van der Waals surface area contributed by atoms with Gasteiger partial charge in [0.1, 0.15) is 0 Å². The predicted molar refractivity (Wildman–Crippen MR) is 65.6 cm³/mol. The van der Waals surface area contributed by atoms with Crippen molar-refractivity contribution in [3.05, 3.63) is 35.9 Å². The van der Waals surface area contributed by atoms with Crippen LogP contribution in [0.5, 0.6) is 0 Å². The summed E-state index contributed by atoms with van der Waals surface area (Å²) >= 11 is 0. The number of rotatable bonds is 6. The molecule has 0 radical (unpaired) electrons. The quantitative estimate of drug-likeness (QED) is 0.710. The topological polar surface area (TPSA) is 43.4 Å². The molecule has 1 rings (SSSR count). The zero-order valence-corrected chi connectivity index (χ0v) is 10.3. The van der Waals surface area contributed by atoms with Crippen LogP contribution in [0.25, 0.3) is 0 Å². The lowest BCUT2D eigenvalue weighted by molar-refractivity contribution is -0.154. The van der Waals surface area contributed by atoms with E-state index in [9.17, 15) is 9.59 Å². The van der Waals surface area contributed by atoms with Crippen molar-refractivity contribution in [2.45, 2.75) is 39.2 Å². The van der Waals surface area contributed by atoms with Crippen LogP contribution in [0.15, 0.2) is 30.3 Å². The molecule has 17 heavy (non-hydrogen) atoms. The molecule has 0 saturated carbocycles. The molecule has 92 valence electrons. The van der Waals surface area contributed by atoms with Gasteiger partial charge in [-0.1, -0.05) is 37.3 Å². The monoisotopic (exact) mass is 234 g/mol. The first kappa shape index (κ1) is 13.4. The molecule has 0 N–H and O–H groups in total. The van der Waals surface area contributed by atoms with Gasteiger partial charge in [0.05, 0.1) is 0 Å². The summed E-state index contributed by atoms with van der Waals surface area (Å²) in [4.78, 5) is 22.8. The lowest BCUT2D eigenvalue weighted by Crippen LogP contribution is -2.27. The van der Waals surface area contributed by atoms with Crippen LogP contribution < -0.4 is 0 Å². The fraction of sp³-hybridized carbons (Fsp3) is 0.429. The Morgan fingerprint density at radius 3 is 2.41 bits per heavy atom. The Hall–Kier alpha value is -1.64. The van der Waals surface area contributed by atoms with E-state index in [-0.39, 0.29) is 11.8 Å². The van der Waals surface area contributed by atoms with Gasteiger partial charge >= 0.3 is 5.97 Å². The van der Waals surface area contributed by atoms with E-state index in [0.29, 0.717) is 12.8 Å². The number of hydrogen-bond donors (Lipinski definition) is 0. The van der Waals surface area contributed by atoms with Crippen molar-refractivity contribution < 1.29 is 14.3 Å². The lowest BCUT2D eigenvalue weighted by atomic mass is 10.1. The molecule has 0 unspecified atom stereocenters. The predicted octanol–water partition coefficient (Wildman–Crippen LogP) is 2.53. The van der Waals surface area contributed by atoms with Crippen molar-refractivity contribution in [1.82, 2.24) is 0 Å². The Balaban J connectivity index is 2.61. The zero-order valence-electron chi connectivity index (χ0n) is 10.3. The van der Waals surface area contributed by atoms with Crippen molar-refractivity contribution in [2.24, 2.45) is 0 Å². The Bertz CT molecular complexity index is 370. The van der Waals surface area contributed by atoms with Crippen LogP contribution in [0.3, 0.4) is 0 Å². The number of esters is 1. The number of Topliss-reactive ketones (excluding diaryl/α,β-unsaturated/α-hetero) is 1. The summed E-state index contributed by atoms with van der Waals surface area (Å²) in [6.45, 7) is 3.36. The number of hydrogen-bond acceptors (Lipinski definition) is 3. The maximum Gasteiger partial charge on any atom is 0.306 e. The maximum atomic E-state index is 11.4. The number of ketones is 1. The largest absolute Gasteiger partial charge is 0.454 e. The van der Waals surface area contributed by atoms with Crippen LogP contribution in [0.4, 0.5) is 0 Å². The van der Waals surface area contributed by atoms with Crippen molar-refractivity contribution in [1.29, 1.82) is 0 Å². The Morgan fingerprint density at radius 2 is 1.88 bits per heavy atom. The van der Waals surface area contributed by atoms with Gasteiger partial charge < -0.3 is 4.74 Å². The highest BCUT2D eigenvalue weighted by molar-refractivity contribution is 5.83. The van der Waals surface area contributed by atoms with Gasteiger partial charge in [0, 0.05) is 12.8 Å². The average molecular weight is 234 g/mol. The molecule has 3 heteroatoms. The molecule has 0 saturated heterocycles. The fourth-order valence-electron chi connectivity index (χ4n) is 1.52. The molecule has 0 aliphatic rings. The van der Waals surface area contributed by atoms with Gasteiger partial charge in [0.25, 0.3) is 0 Å². The summed E-state index contributed by atoms with van der Waals surface area (Å²) < 4.78 is 5.17. The molecule has 0 heterocycles. The van der Waals surface area contributed by atoms with E-state index in [4.69, 9.17) is 4.74 Å². The van der Waals surface area contributed by atoms with Gasteiger partial charge in [-0.3, -0.25) is 9.59 Å². The third-order valence-electron chi connectivity index (χ3n) is 2.45. The van der Waals surface area contributed by atoms with E-state index in [2.05, 4.69) is 0 Å². The second-order valence-electron chi connectivity index (χ2n) is 4.03. The molecule has 0 bridgehead atoms. The molecule has 0 aliphatic carbocycles. The molecular weight excluding hydrogens is 216 g/mol. The Labute approximate surface area is 102 Å². The van der Waals surface area contributed by atoms with Crippen LogP contribution in [0.2, 0.25) is 0 Å². The maximum absolute atomic E-state index is 11.4. The van der Waals surface area contributed by atoms with Gasteiger partial charge in [-0.05, 0) is 18.9 Å². The van der Waals surface area contributed by atoms with Gasteiger partial charge in [-0.15, -0.1) is 0 Å². The first-order valence-corrected chi connectivity index (χ1v) is 5.87. The summed E-state index contributed by atoms with van der Waals surface area (Å²) in [5.41, 5.74) is 0.997. The Kier molecular flexibility index (Phi) is 5.40. The highest BCUT2D eigenvalue weighted by Crippen LogP contribution is 2.08. The first-order chi connectivity index (χ1) is 8.13. The highest BCUT2D eigenvalue weighted by atomic mass is 16.5. The summed E-state index contributed by atoms with van der Waals surface area (Å²) in [7, 11) is 0. The van der Waals surface area contributed by atoms with Crippen LogP contribution in [-0.2, 0) is 20.7 Å². The number of ether oxygens (including phenoxy) is 1. The third kappa shape index (κ3) is 4.81. The minimum Gasteiger partial charge on any atom is -0.454 e. The number of benzene rings is 1. The Morgan fingerprint density at radius 1 is 1.24 bits per heavy atom. The van der Waals surface area contributed by atoms with Crippen molar-refractivity contribution in [3.8, 4) is 0 Å². The SMILES string of the molecule is CCCC(=O)O[C@H](Cc1ccccc1)C(C)=O.